The summed E-state index contributed by atoms with van der Waals surface area (Å²) >= 11 is 9.61. The average Bonchev–Trinajstić information content (AvgIpc) is 2.45. The standard InChI is InChI=1S/C15H11BrClN3/c1-9-7-10(16)8-19-15(9)20-13-5-4-12(17)11-3-2-6-18-14(11)13/h2-8H,1H3,(H,19,20). The van der Waals surface area contributed by atoms with Crippen LogP contribution in [0.25, 0.3) is 10.9 Å². The van der Waals surface area contributed by atoms with Crippen LogP contribution < -0.4 is 5.32 Å². The van der Waals surface area contributed by atoms with Gasteiger partial charge in [-0.25, -0.2) is 4.98 Å². The first-order chi connectivity index (χ1) is 9.65. The minimum absolute atomic E-state index is 0.694. The molecule has 2 aromatic heterocycles. The van der Waals surface area contributed by atoms with Crippen molar-refractivity contribution in [3.8, 4) is 0 Å². The van der Waals surface area contributed by atoms with E-state index in [1.54, 1.807) is 12.4 Å². The van der Waals surface area contributed by atoms with E-state index in [0.717, 1.165) is 32.4 Å². The fraction of sp³-hybridized carbons (Fsp3) is 0.0667. The van der Waals surface area contributed by atoms with Gasteiger partial charge in [-0.1, -0.05) is 11.6 Å². The van der Waals surface area contributed by atoms with Crippen molar-refractivity contribution in [2.24, 2.45) is 0 Å². The Bertz CT molecular complexity index is 789. The summed E-state index contributed by atoms with van der Waals surface area (Å²) in [6, 6.07) is 9.63. The lowest BCUT2D eigenvalue weighted by molar-refractivity contribution is 1.24. The van der Waals surface area contributed by atoms with E-state index in [9.17, 15) is 0 Å². The summed E-state index contributed by atoms with van der Waals surface area (Å²) in [6.07, 6.45) is 3.52. The molecule has 1 aromatic carbocycles. The molecule has 3 nitrogen and oxygen atoms in total. The molecule has 3 aromatic rings. The quantitative estimate of drug-likeness (QED) is 0.700. The van der Waals surface area contributed by atoms with Gasteiger partial charge in [-0.3, -0.25) is 4.98 Å². The lowest BCUT2D eigenvalue weighted by Gasteiger charge is -2.11. The van der Waals surface area contributed by atoms with E-state index in [4.69, 9.17) is 11.6 Å². The van der Waals surface area contributed by atoms with E-state index in [1.807, 2.05) is 37.3 Å². The molecule has 0 aliphatic heterocycles. The summed E-state index contributed by atoms with van der Waals surface area (Å²) in [7, 11) is 0. The highest BCUT2D eigenvalue weighted by atomic mass is 79.9. The average molecular weight is 349 g/mol. The first-order valence-electron chi connectivity index (χ1n) is 6.07. The first-order valence-corrected chi connectivity index (χ1v) is 7.24. The van der Waals surface area contributed by atoms with Crippen LogP contribution in [0.2, 0.25) is 5.02 Å². The molecule has 0 spiro atoms. The van der Waals surface area contributed by atoms with Crippen LogP contribution in [0.1, 0.15) is 5.56 Å². The number of rotatable bonds is 2. The third-order valence-corrected chi connectivity index (χ3v) is 3.78. The molecule has 0 bridgehead atoms. The maximum absolute atomic E-state index is 6.19. The Kier molecular flexibility index (Phi) is 3.59. The van der Waals surface area contributed by atoms with Gasteiger partial charge in [-0.05, 0) is 58.7 Å². The van der Waals surface area contributed by atoms with Gasteiger partial charge in [0.05, 0.1) is 16.2 Å². The number of aryl methyl sites for hydroxylation is 1. The lowest BCUT2D eigenvalue weighted by atomic mass is 10.2. The summed E-state index contributed by atoms with van der Waals surface area (Å²) in [4.78, 5) is 8.78. The SMILES string of the molecule is Cc1cc(Br)cnc1Nc1ccc(Cl)c2cccnc12. The van der Waals surface area contributed by atoms with Crippen LogP contribution >= 0.6 is 27.5 Å². The third kappa shape index (κ3) is 2.49. The van der Waals surface area contributed by atoms with Crippen molar-refractivity contribution in [3.05, 3.63) is 57.8 Å². The Morgan fingerprint density at radius 1 is 1.20 bits per heavy atom. The summed E-state index contributed by atoms with van der Waals surface area (Å²) in [5.41, 5.74) is 2.78. The number of hydrogen-bond acceptors (Lipinski definition) is 3. The molecule has 0 aliphatic rings. The molecule has 0 atom stereocenters. The van der Waals surface area contributed by atoms with Gasteiger partial charge in [0, 0.05) is 22.3 Å². The molecule has 0 saturated carbocycles. The maximum atomic E-state index is 6.19. The number of fused-ring (bicyclic) bond motifs is 1. The van der Waals surface area contributed by atoms with Crippen LogP contribution in [0.4, 0.5) is 11.5 Å². The van der Waals surface area contributed by atoms with Gasteiger partial charge in [0.25, 0.3) is 0 Å². The Morgan fingerprint density at radius 3 is 2.85 bits per heavy atom. The summed E-state index contributed by atoms with van der Waals surface area (Å²) in [6.45, 7) is 2.01. The zero-order valence-electron chi connectivity index (χ0n) is 10.7. The summed E-state index contributed by atoms with van der Waals surface area (Å²) < 4.78 is 0.958. The molecule has 0 aliphatic carbocycles. The van der Waals surface area contributed by atoms with Crippen LogP contribution in [0.5, 0.6) is 0 Å². The number of nitrogens with one attached hydrogen (secondary N) is 1. The van der Waals surface area contributed by atoms with Crippen LogP contribution in [-0.2, 0) is 0 Å². The van der Waals surface area contributed by atoms with Gasteiger partial charge in [0.15, 0.2) is 0 Å². The highest BCUT2D eigenvalue weighted by Crippen LogP contribution is 2.30. The van der Waals surface area contributed by atoms with E-state index in [0.29, 0.717) is 5.02 Å². The van der Waals surface area contributed by atoms with Crippen molar-refractivity contribution >= 4 is 49.9 Å². The fourth-order valence-electron chi connectivity index (χ4n) is 2.04. The molecule has 3 rings (SSSR count). The Labute approximate surface area is 130 Å². The molecule has 2 heterocycles. The van der Waals surface area contributed by atoms with Crippen molar-refractivity contribution in [2.75, 3.05) is 5.32 Å². The van der Waals surface area contributed by atoms with E-state index in [1.165, 1.54) is 0 Å². The van der Waals surface area contributed by atoms with Gasteiger partial charge in [-0.15, -0.1) is 0 Å². The fourth-order valence-corrected chi connectivity index (χ4v) is 2.70. The normalized spacial score (nSPS) is 10.8. The van der Waals surface area contributed by atoms with Gasteiger partial charge in [0.2, 0.25) is 0 Å². The van der Waals surface area contributed by atoms with Crippen LogP contribution in [0, 0.1) is 6.92 Å². The zero-order valence-corrected chi connectivity index (χ0v) is 13.0. The third-order valence-electron chi connectivity index (χ3n) is 3.01. The van der Waals surface area contributed by atoms with Gasteiger partial charge in [-0.2, -0.15) is 0 Å². The van der Waals surface area contributed by atoms with E-state index >= 15 is 0 Å². The largest absolute Gasteiger partial charge is 0.338 e. The number of nitrogens with zero attached hydrogens (tertiary/aromatic N) is 2. The highest BCUT2D eigenvalue weighted by molar-refractivity contribution is 9.10. The monoisotopic (exact) mass is 347 g/mol. The molecule has 0 unspecified atom stereocenters. The van der Waals surface area contributed by atoms with Gasteiger partial charge >= 0.3 is 0 Å². The molecule has 0 radical (unpaired) electrons. The minimum atomic E-state index is 0.694. The molecule has 20 heavy (non-hydrogen) atoms. The van der Waals surface area contributed by atoms with Crippen LogP contribution in [0.3, 0.4) is 0 Å². The Hall–Kier alpha value is -1.65. The molecule has 0 amide bonds. The molecule has 5 heteroatoms. The highest BCUT2D eigenvalue weighted by Gasteiger charge is 2.08. The number of anilines is 2. The second-order valence-electron chi connectivity index (χ2n) is 4.44. The zero-order chi connectivity index (χ0) is 14.1. The summed E-state index contributed by atoms with van der Waals surface area (Å²) in [5.74, 6) is 0.808. The Balaban J connectivity index is 2.09. The molecule has 0 fully saturated rings. The number of hydrogen-bond donors (Lipinski definition) is 1. The molecule has 0 saturated heterocycles. The number of pyridine rings is 2. The van der Waals surface area contributed by atoms with E-state index in [2.05, 4.69) is 31.2 Å². The lowest BCUT2D eigenvalue weighted by Crippen LogP contribution is -1.98. The second-order valence-corrected chi connectivity index (χ2v) is 5.76. The van der Waals surface area contributed by atoms with Crippen LogP contribution in [-0.4, -0.2) is 9.97 Å². The van der Waals surface area contributed by atoms with Crippen molar-refractivity contribution in [1.82, 2.24) is 9.97 Å². The van der Waals surface area contributed by atoms with E-state index in [-0.39, 0.29) is 0 Å². The molecular formula is C15H11BrClN3. The number of aromatic nitrogens is 2. The molecular weight excluding hydrogens is 338 g/mol. The van der Waals surface area contributed by atoms with Gasteiger partial charge in [0.1, 0.15) is 5.82 Å². The summed E-state index contributed by atoms with van der Waals surface area (Å²) in [5, 5.41) is 4.94. The maximum Gasteiger partial charge on any atom is 0.133 e. The van der Waals surface area contributed by atoms with Crippen molar-refractivity contribution in [2.45, 2.75) is 6.92 Å². The predicted octanol–water partition coefficient (Wildman–Crippen LogP) is 5.10. The van der Waals surface area contributed by atoms with Crippen molar-refractivity contribution < 1.29 is 0 Å². The van der Waals surface area contributed by atoms with Crippen molar-refractivity contribution in [3.63, 3.8) is 0 Å². The minimum Gasteiger partial charge on any atom is -0.338 e. The smallest absolute Gasteiger partial charge is 0.133 e. The Morgan fingerprint density at radius 2 is 2.05 bits per heavy atom. The number of benzene rings is 1. The van der Waals surface area contributed by atoms with Crippen LogP contribution in [0.15, 0.2) is 47.2 Å². The van der Waals surface area contributed by atoms with E-state index < -0.39 is 0 Å². The topological polar surface area (TPSA) is 37.8 Å². The van der Waals surface area contributed by atoms with Crippen molar-refractivity contribution in [1.29, 1.82) is 0 Å². The first kappa shape index (κ1) is 13.3. The second kappa shape index (κ2) is 5.38. The number of halogens is 2. The van der Waals surface area contributed by atoms with Gasteiger partial charge < -0.3 is 5.32 Å². The molecule has 1 N–H and O–H groups in total. The molecule has 100 valence electrons. The predicted molar refractivity (Wildman–Crippen MR) is 86.7 cm³/mol.